The van der Waals surface area contributed by atoms with Gasteiger partial charge in [-0.1, -0.05) is 33.6 Å². The highest BCUT2D eigenvalue weighted by Crippen LogP contribution is 2.08. The summed E-state index contributed by atoms with van der Waals surface area (Å²) in [5.74, 6) is 1.24. The van der Waals surface area contributed by atoms with Crippen molar-refractivity contribution in [3.8, 4) is 0 Å². The maximum atomic E-state index is 11.6. The smallest absolute Gasteiger partial charge is 0.220 e. The Hall–Kier alpha value is -0.240. The van der Waals surface area contributed by atoms with Crippen molar-refractivity contribution in [3.05, 3.63) is 0 Å². The number of carbonyl (C=O) groups excluding carboxylic acids is 1. The Kier molecular flexibility index (Phi) is 8.88. The second-order valence-electron chi connectivity index (χ2n) is 4.35. The molecule has 3 heteroatoms. The van der Waals surface area contributed by atoms with Crippen molar-refractivity contribution in [3.63, 3.8) is 0 Å². The van der Waals surface area contributed by atoms with Gasteiger partial charge in [0, 0.05) is 18.3 Å². The van der Waals surface area contributed by atoms with E-state index < -0.39 is 0 Å². The van der Waals surface area contributed by atoms with E-state index in [1.807, 2.05) is 0 Å². The molecule has 0 spiro atoms. The summed E-state index contributed by atoms with van der Waals surface area (Å²) in [5.41, 5.74) is 0. The van der Waals surface area contributed by atoms with Gasteiger partial charge in [-0.2, -0.15) is 0 Å². The molecule has 0 rings (SSSR count). The average Bonchev–Trinajstić information content (AvgIpc) is 2.17. The number of halogens is 1. The second-order valence-corrected chi connectivity index (χ2v) is 4.73. The number of alkyl halides is 1. The molecule has 0 fully saturated rings. The zero-order chi connectivity index (χ0) is 11.7. The lowest BCUT2D eigenvalue weighted by molar-refractivity contribution is -0.122. The van der Waals surface area contributed by atoms with E-state index in [1.54, 1.807) is 0 Å². The molecular formula is C12H24ClNO. The first-order valence-corrected chi connectivity index (χ1v) is 6.50. The molecule has 1 atom stereocenters. The van der Waals surface area contributed by atoms with E-state index in [4.69, 9.17) is 11.6 Å². The first kappa shape index (κ1) is 14.8. The molecule has 0 aromatic carbocycles. The van der Waals surface area contributed by atoms with E-state index in [0.717, 1.165) is 25.7 Å². The van der Waals surface area contributed by atoms with Crippen LogP contribution in [-0.4, -0.2) is 17.8 Å². The van der Waals surface area contributed by atoms with Gasteiger partial charge in [0.1, 0.15) is 0 Å². The van der Waals surface area contributed by atoms with Crippen molar-refractivity contribution in [2.75, 3.05) is 5.88 Å². The Morgan fingerprint density at radius 2 is 2.00 bits per heavy atom. The summed E-state index contributed by atoms with van der Waals surface area (Å²) in [6.07, 6.45) is 4.80. The third-order valence-electron chi connectivity index (χ3n) is 2.58. The van der Waals surface area contributed by atoms with Crippen LogP contribution in [0.5, 0.6) is 0 Å². The molecular weight excluding hydrogens is 210 g/mol. The first-order chi connectivity index (χ1) is 7.11. The van der Waals surface area contributed by atoms with Crippen molar-refractivity contribution in [1.82, 2.24) is 5.32 Å². The zero-order valence-electron chi connectivity index (χ0n) is 10.2. The summed E-state index contributed by atoms with van der Waals surface area (Å²) in [6, 6.07) is 0.233. The van der Waals surface area contributed by atoms with Crippen LogP contribution >= 0.6 is 11.6 Å². The van der Waals surface area contributed by atoms with Gasteiger partial charge in [0.05, 0.1) is 0 Å². The van der Waals surface area contributed by atoms with Crippen molar-refractivity contribution < 1.29 is 4.79 Å². The van der Waals surface area contributed by atoms with Crippen molar-refractivity contribution in [2.45, 2.75) is 58.9 Å². The summed E-state index contributed by atoms with van der Waals surface area (Å²) in [5, 5.41) is 3.05. The molecule has 15 heavy (non-hydrogen) atoms. The van der Waals surface area contributed by atoms with Gasteiger partial charge in [-0.15, -0.1) is 11.6 Å². The fourth-order valence-corrected chi connectivity index (χ4v) is 1.74. The van der Waals surface area contributed by atoms with Gasteiger partial charge in [-0.3, -0.25) is 4.79 Å². The van der Waals surface area contributed by atoms with Crippen LogP contribution in [-0.2, 0) is 4.79 Å². The number of unbranched alkanes of at least 4 members (excludes halogenated alkanes) is 2. The minimum atomic E-state index is 0.173. The van der Waals surface area contributed by atoms with Crippen LogP contribution in [0.4, 0.5) is 0 Å². The Morgan fingerprint density at radius 3 is 2.47 bits per heavy atom. The summed E-state index contributed by atoms with van der Waals surface area (Å²) in [4.78, 5) is 11.6. The van der Waals surface area contributed by atoms with E-state index in [2.05, 4.69) is 26.1 Å². The van der Waals surface area contributed by atoms with E-state index in [9.17, 15) is 4.79 Å². The normalized spacial score (nSPS) is 12.9. The lowest BCUT2D eigenvalue weighted by Gasteiger charge is -2.21. The third kappa shape index (κ3) is 7.66. The van der Waals surface area contributed by atoms with Crippen LogP contribution < -0.4 is 5.32 Å². The largest absolute Gasteiger partial charge is 0.353 e. The van der Waals surface area contributed by atoms with Crippen LogP contribution in [0.3, 0.4) is 0 Å². The lowest BCUT2D eigenvalue weighted by atomic mass is 10.0. The lowest BCUT2D eigenvalue weighted by Crippen LogP contribution is -2.38. The maximum absolute atomic E-state index is 11.6. The number of rotatable bonds is 8. The van der Waals surface area contributed by atoms with Crippen LogP contribution in [0.2, 0.25) is 0 Å². The fourth-order valence-electron chi connectivity index (χ4n) is 1.50. The van der Waals surface area contributed by atoms with Crippen molar-refractivity contribution in [2.24, 2.45) is 5.92 Å². The number of nitrogens with one attached hydrogen (secondary N) is 1. The molecule has 90 valence electrons. The minimum absolute atomic E-state index is 0.173. The molecule has 0 aliphatic carbocycles. The van der Waals surface area contributed by atoms with Gasteiger partial charge in [0.15, 0.2) is 0 Å². The van der Waals surface area contributed by atoms with E-state index in [-0.39, 0.29) is 11.9 Å². The van der Waals surface area contributed by atoms with Gasteiger partial charge in [0.25, 0.3) is 0 Å². The summed E-state index contributed by atoms with van der Waals surface area (Å²) in [6.45, 7) is 6.37. The molecule has 0 saturated carbocycles. The molecule has 0 aromatic heterocycles. The first-order valence-electron chi connectivity index (χ1n) is 5.97. The van der Waals surface area contributed by atoms with E-state index >= 15 is 0 Å². The molecule has 0 saturated heterocycles. The number of hydrogen-bond acceptors (Lipinski definition) is 1. The number of carbonyl (C=O) groups is 1. The average molecular weight is 234 g/mol. The summed E-state index contributed by atoms with van der Waals surface area (Å²) in [7, 11) is 0. The van der Waals surface area contributed by atoms with Gasteiger partial charge in [-0.05, 0) is 18.8 Å². The highest BCUT2D eigenvalue weighted by molar-refractivity contribution is 6.17. The zero-order valence-corrected chi connectivity index (χ0v) is 10.9. The monoisotopic (exact) mass is 233 g/mol. The number of hydrogen-bond donors (Lipinski definition) is 1. The SMILES string of the molecule is CCCCCC(=O)NC(CCCl)C(C)C. The standard InChI is InChI=1S/C12H24ClNO/c1-4-5-6-7-12(15)14-11(8-9-13)10(2)3/h10-11H,4-9H2,1-3H3,(H,14,15). The maximum Gasteiger partial charge on any atom is 0.220 e. The molecule has 0 radical (unpaired) electrons. The van der Waals surface area contributed by atoms with Crippen LogP contribution in [0.1, 0.15) is 52.9 Å². The Bertz CT molecular complexity index is 171. The topological polar surface area (TPSA) is 29.1 Å². The van der Waals surface area contributed by atoms with Crippen LogP contribution in [0.15, 0.2) is 0 Å². The van der Waals surface area contributed by atoms with Crippen molar-refractivity contribution >= 4 is 17.5 Å². The van der Waals surface area contributed by atoms with E-state index in [1.165, 1.54) is 0 Å². The molecule has 0 bridgehead atoms. The van der Waals surface area contributed by atoms with Gasteiger partial charge in [-0.25, -0.2) is 0 Å². The van der Waals surface area contributed by atoms with Crippen molar-refractivity contribution in [1.29, 1.82) is 0 Å². The highest BCUT2D eigenvalue weighted by Gasteiger charge is 2.14. The van der Waals surface area contributed by atoms with Gasteiger partial charge < -0.3 is 5.32 Å². The van der Waals surface area contributed by atoms with E-state index in [0.29, 0.717) is 18.2 Å². The van der Waals surface area contributed by atoms with Crippen LogP contribution in [0, 0.1) is 5.92 Å². The molecule has 0 aliphatic rings. The van der Waals surface area contributed by atoms with Gasteiger partial charge in [0.2, 0.25) is 5.91 Å². The third-order valence-corrected chi connectivity index (χ3v) is 2.80. The molecule has 0 aliphatic heterocycles. The fraction of sp³-hybridized carbons (Fsp3) is 0.917. The Morgan fingerprint density at radius 1 is 1.33 bits per heavy atom. The van der Waals surface area contributed by atoms with Gasteiger partial charge >= 0.3 is 0 Å². The molecule has 2 nitrogen and oxygen atoms in total. The molecule has 1 unspecified atom stereocenters. The summed E-state index contributed by atoms with van der Waals surface area (Å²) >= 11 is 5.70. The molecule has 1 amide bonds. The highest BCUT2D eigenvalue weighted by atomic mass is 35.5. The molecule has 0 heterocycles. The Labute approximate surface area is 98.8 Å². The predicted octanol–water partition coefficient (Wildman–Crippen LogP) is 3.34. The van der Waals surface area contributed by atoms with Crippen LogP contribution in [0.25, 0.3) is 0 Å². The quantitative estimate of drug-likeness (QED) is 0.506. The number of amides is 1. The second kappa shape index (κ2) is 9.02. The minimum Gasteiger partial charge on any atom is -0.353 e. The summed E-state index contributed by atoms with van der Waals surface area (Å²) < 4.78 is 0. The Balaban J connectivity index is 3.78. The molecule has 1 N–H and O–H groups in total. The molecule has 0 aromatic rings. The predicted molar refractivity (Wildman–Crippen MR) is 66.2 cm³/mol.